The fourth-order valence-corrected chi connectivity index (χ4v) is 2.73. The van der Waals surface area contributed by atoms with Gasteiger partial charge in [-0.15, -0.1) is 11.6 Å². The molecule has 110 valence electrons. The standard InChI is InChI=1S/C15H15ClN2O2S/c1-12-7-9-14(10-8-12)21(19,20)18-17-15(11-16)13-5-3-2-4-6-13/h2-10,18H,11H2,1H3/b17-15+. The van der Waals surface area contributed by atoms with Gasteiger partial charge in [0.1, 0.15) is 0 Å². The van der Waals surface area contributed by atoms with E-state index in [-0.39, 0.29) is 10.8 Å². The molecule has 2 aromatic rings. The molecule has 0 atom stereocenters. The van der Waals surface area contributed by atoms with Gasteiger partial charge in [-0.1, -0.05) is 48.0 Å². The Kier molecular flexibility index (Phi) is 4.98. The molecule has 6 heteroatoms. The lowest BCUT2D eigenvalue weighted by Gasteiger charge is -2.06. The molecule has 0 fully saturated rings. The van der Waals surface area contributed by atoms with Crippen molar-refractivity contribution in [1.82, 2.24) is 4.83 Å². The highest BCUT2D eigenvalue weighted by Gasteiger charge is 2.13. The summed E-state index contributed by atoms with van der Waals surface area (Å²) in [7, 11) is -3.69. The molecule has 0 unspecified atom stereocenters. The van der Waals surface area contributed by atoms with E-state index in [9.17, 15) is 8.42 Å². The van der Waals surface area contributed by atoms with Gasteiger partial charge < -0.3 is 0 Å². The quantitative estimate of drug-likeness (QED) is 0.523. The molecule has 0 heterocycles. The molecule has 4 nitrogen and oxygen atoms in total. The zero-order valence-corrected chi connectivity index (χ0v) is 13.0. The maximum atomic E-state index is 12.1. The van der Waals surface area contributed by atoms with Crippen LogP contribution in [-0.4, -0.2) is 20.0 Å². The SMILES string of the molecule is Cc1ccc(S(=O)(=O)N/N=C(\CCl)c2ccccc2)cc1. The summed E-state index contributed by atoms with van der Waals surface area (Å²) in [5, 5.41) is 3.93. The molecular weight excluding hydrogens is 308 g/mol. The highest BCUT2D eigenvalue weighted by molar-refractivity contribution is 7.89. The Morgan fingerprint density at radius 1 is 1.10 bits per heavy atom. The minimum absolute atomic E-state index is 0.112. The summed E-state index contributed by atoms with van der Waals surface area (Å²) in [5.74, 6) is 0.112. The van der Waals surface area contributed by atoms with Gasteiger partial charge in [0.15, 0.2) is 0 Å². The first kappa shape index (κ1) is 15.5. The molecule has 0 spiro atoms. The first-order chi connectivity index (χ1) is 10.0. The molecule has 0 saturated carbocycles. The zero-order valence-electron chi connectivity index (χ0n) is 11.5. The van der Waals surface area contributed by atoms with E-state index in [0.29, 0.717) is 5.71 Å². The number of hydrogen-bond donors (Lipinski definition) is 1. The Morgan fingerprint density at radius 3 is 2.29 bits per heavy atom. The second-order valence-electron chi connectivity index (χ2n) is 4.47. The predicted molar refractivity (Wildman–Crippen MR) is 85.2 cm³/mol. The van der Waals surface area contributed by atoms with Crippen molar-refractivity contribution in [3.8, 4) is 0 Å². The minimum Gasteiger partial charge on any atom is -0.200 e. The van der Waals surface area contributed by atoms with Crippen LogP contribution in [0.2, 0.25) is 0 Å². The van der Waals surface area contributed by atoms with Gasteiger partial charge in [-0.05, 0) is 24.6 Å². The number of rotatable bonds is 5. The summed E-state index contributed by atoms with van der Waals surface area (Å²) >= 11 is 5.83. The van der Waals surface area contributed by atoms with Gasteiger partial charge in [0, 0.05) is 0 Å². The molecule has 21 heavy (non-hydrogen) atoms. The van der Waals surface area contributed by atoms with Gasteiger partial charge in [-0.3, -0.25) is 0 Å². The van der Waals surface area contributed by atoms with Crippen LogP contribution in [0, 0.1) is 6.92 Å². The molecule has 0 saturated heterocycles. The van der Waals surface area contributed by atoms with Crippen LogP contribution in [0.4, 0.5) is 0 Å². The Labute approximate surface area is 129 Å². The van der Waals surface area contributed by atoms with Crippen molar-refractivity contribution in [2.75, 3.05) is 5.88 Å². The number of hydrazone groups is 1. The summed E-state index contributed by atoms with van der Waals surface area (Å²) in [6.07, 6.45) is 0. The van der Waals surface area contributed by atoms with Crippen molar-refractivity contribution in [1.29, 1.82) is 0 Å². The number of nitrogens with zero attached hydrogens (tertiary/aromatic N) is 1. The Hall–Kier alpha value is -1.85. The molecule has 0 amide bonds. The van der Waals surface area contributed by atoms with Gasteiger partial charge in [-0.2, -0.15) is 18.4 Å². The topological polar surface area (TPSA) is 58.5 Å². The smallest absolute Gasteiger partial charge is 0.200 e. The molecule has 0 bridgehead atoms. The normalized spacial score (nSPS) is 12.2. The van der Waals surface area contributed by atoms with E-state index in [0.717, 1.165) is 11.1 Å². The van der Waals surface area contributed by atoms with E-state index in [4.69, 9.17) is 11.6 Å². The molecule has 0 radical (unpaired) electrons. The Morgan fingerprint density at radius 2 is 1.71 bits per heavy atom. The highest BCUT2D eigenvalue weighted by Crippen LogP contribution is 2.10. The van der Waals surface area contributed by atoms with Gasteiger partial charge >= 0.3 is 0 Å². The lowest BCUT2D eigenvalue weighted by atomic mass is 10.1. The first-order valence-electron chi connectivity index (χ1n) is 6.29. The molecule has 0 aromatic heterocycles. The van der Waals surface area contributed by atoms with Crippen LogP contribution < -0.4 is 4.83 Å². The van der Waals surface area contributed by atoms with E-state index < -0.39 is 10.0 Å². The van der Waals surface area contributed by atoms with Crippen LogP contribution in [0.15, 0.2) is 64.6 Å². The fraction of sp³-hybridized carbons (Fsp3) is 0.133. The first-order valence-corrected chi connectivity index (χ1v) is 8.31. The summed E-state index contributed by atoms with van der Waals surface area (Å²) in [4.78, 5) is 2.39. The summed E-state index contributed by atoms with van der Waals surface area (Å²) < 4.78 is 24.3. The van der Waals surface area contributed by atoms with E-state index in [1.807, 2.05) is 37.3 Å². The van der Waals surface area contributed by atoms with E-state index >= 15 is 0 Å². The largest absolute Gasteiger partial charge is 0.276 e. The van der Waals surface area contributed by atoms with E-state index in [1.165, 1.54) is 12.1 Å². The molecule has 0 aliphatic carbocycles. The lowest BCUT2D eigenvalue weighted by molar-refractivity contribution is 0.584. The lowest BCUT2D eigenvalue weighted by Crippen LogP contribution is -2.21. The Bertz CT molecular complexity index is 726. The second-order valence-corrected chi connectivity index (χ2v) is 6.39. The summed E-state index contributed by atoms with van der Waals surface area (Å²) in [6, 6.07) is 15.7. The average Bonchev–Trinajstić information content (AvgIpc) is 2.49. The van der Waals surface area contributed by atoms with Crippen LogP contribution >= 0.6 is 11.6 Å². The molecular formula is C15H15ClN2O2S. The third kappa shape index (κ3) is 4.06. The van der Waals surface area contributed by atoms with Crippen LogP contribution in [0.25, 0.3) is 0 Å². The third-order valence-electron chi connectivity index (χ3n) is 2.87. The van der Waals surface area contributed by atoms with Gasteiger partial charge in [0.05, 0.1) is 16.5 Å². The average molecular weight is 323 g/mol. The maximum Gasteiger partial charge on any atom is 0.276 e. The predicted octanol–water partition coefficient (Wildman–Crippen LogP) is 2.92. The monoisotopic (exact) mass is 322 g/mol. The summed E-state index contributed by atoms with van der Waals surface area (Å²) in [6.45, 7) is 1.89. The molecule has 2 aromatic carbocycles. The minimum atomic E-state index is -3.69. The number of sulfonamides is 1. The van der Waals surface area contributed by atoms with Gasteiger partial charge in [-0.25, -0.2) is 0 Å². The number of hydrogen-bond acceptors (Lipinski definition) is 3. The number of aryl methyl sites for hydroxylation is 1. The van der Waals surface area contributed by atoms with Crippen LogP contribution in [0.3, 0.4) is 0 Å². The number of alkyl halides is 1. The Balaban J connectivity index is 2.24. The second kappa shape index (κ2) is 6.74. The fourth-order valence-electron chi connectivity index (χ4n) is 1.69. The van der Waals surface area contributed by atoms with Gasteiger partial charge in [0.25, 0.3) is 10.0 Å². The van der Waals surface area contributed by atoms with Crippen molar-refractivity contribution >= 4 is 27.3 Å². The summed E-state index contributed by atoms with van der Waals surface area (Å²) in [5.41, 5.74) is 2.23. The number of halogens is 1. The zero-order chi connectivity index (χ0) is 15.3. The number of benzene rings is 2. The van der Waals surface area contributed by atoms with Crippen LogP contribution in [-0.2, 0) is 10.0 Å². The highest BCUT2D eigenvalue weighted by atomic mass is 35.5. The van der Waals surface area contributed by atoms with Crippen molar-refractivity contribution in [2.24, 2.45) is 5.10 Å². The molecule has 2 rings (SSSR count). The molecule has 1 N–H and O–H groups in total. The van der Waals surface area contributed by atoms with E-state index in [2.05, 4.69) is 9.93 Å². The van der Waals surface area contributed by atoms with Crippen molar-refractivity contribution in [3.05, 3.63) is 65.7 Å². The third-order valence-corrected chi connectivity index (χ3v) is 4.34. The molecule has 0 aliphatic rings. The molecule has 0 aliphatic heterocycles. The van der Waals surface area contributed by atoms with Gasteiger partial charge in [0.2, 0.25) is 0 Å². The van der Waals surface area contributed by atoms with Crippen molar-refractivity contribution in [3.63, 3.8) is 0 Å². The van der Waals surface area contributed by atoms with Crippen LogP contribution in [0.1, 0.15) is 11.1 Å². The van der Waals surface area contributed by atoms with Crippen molar-refractivity contribution < 1.29 is 8.42 Å². The number of nitrogens with one attached hydrogen (secondary N) is 1. The van der Waals surface area contributed by atoms with Crippen LogP contribution in [0.5, 0.6) is 0 Å². The van der Waals surface area contributed by atoms with E-state index in [1.54, 1.807) is 12.1 Å². The van der Waals surface area contributed by atoms with Crippen molar-refractivity contribution in [2.45, 2.75) is 11.8 Å². The maximum absolute atomic E-state index is 12.1.